The van der Waals surface area contributed by atoms with Crippen LogP contribution in [0.3, 0.4) is 0 Å². The molecule has 21 heavy (non-hydrogen) atoms. The van der Waals surface area contributed by atoms with E-state index in [2.05, 4.69) is 10.1 Å². The van der Waals surface area contributed by atoms with Crippen LogP contribution in [0.1, 0.15) is 18.2 Å². The molecule has 1 aliphatic rings. The Kier molecular flexibility index (Phi) is 2.82. The van der Waals surface area contributed by atoms with Gasteiger partial charge in [-0.1, -0.05) is 23.4 Å². The minimum Gasteiger partial charge on any atom is -0.453 e. The van der Waals surface area contributed by atoms with Gasteiger partial charge in [-0.3, -0.25) is 4.79 Å². The predicted molar refractivity (Wildman–Crippen MR) is 72.7 cm³/mol. The molecule has 0 spiro atoms. The molecule has 0 bridgehead atoms. The second-order valence-electron chi connectivity index (χ2n) is 4.95. The normalized spacial score (nSPS) is 19.2. The van der Waals surface area contributed by atoms with Crippen LogP contribution in [0.2, 0.25) is 0 Å². The van der Waals surface area contributed by atoms with E-state index < -0.39 is 5.92 Å². The number of ether oxygens (including phenoxy) is 1. The van der Waals surface area contributed by atoms with Crippen molar-refractivity contribution in [3.05, 3.63) is 36.2 Å². The Morgan fingerprint density at radius 2 is 2.14 bits per heavy atom. The van der Waals surface area contributed by atoms with Gasteiger partial charge >= 0.3 is 0 Å². The molecule has 0 N–H and O–H groups in total. The van der Waals surface area contributed by atoms with Crippen molar-refractivity contribution in [3.63, 3.8) is 0 Å². The second kappa shape index (κ2) is 4.82. The molecule has 4 rings (SSSR count). The summed E-state index contributed by atoms with van der Waals surface area (Å²) in [6.07, 6.45) is 0.382. The highest BCUT2D eigenvalue weighted by molar-refractivity contribution is 5.85. The van der Waals surface area contributed by atoms with Crippen LogP contribution in [0.4, 0.5) is 0 Å². The largest absolute Gasteiger partial charge is 0.453 e. The van der Waals surface area contributed by atoms with Crippen LogP contribution in [-0.4, -0.2) is 29.1 Å². The lowest BCUT2D eigenvalue weighted by atomic mass is 10.0. The van der Waals surface area contributed by atoms with E-state index in [1.54, 1.807) is 0 Å². The quantitative estimate of drug-likeness (QED) is 0.719. The smallest absolute Gasteiger partial charge is 0.240 e. The van der Waals surface area contributed by atoms with Crippen molar-refractivity contribution >= 4 is 16.8 Å². The fourth-order valence-corrected chi connectivity index (χ4v) is 2.42. The Bertz CT molecular complexity index is 772. The van der Waals surface area contributed by atoms with Crippen molar-refractivity contribution in [2.24, 2.45) is 0 Å². The van der Waals surface area contributed by atoms with E-state index >= 15 is 0 Å². The summed E-state index contributed by atoms with van der Waals surface area (Å²) in [4.78, 5) is 16.1. The van der Waals surface area contributed by atoms with Gasteiger partial charge in [-0.15, -0.1) is 0 Å². The minimum absolute atomic E-state index is 0.0704. The summed E-state index contributed by atoms with van der Waals surface area (Å²) in [6, 6.07) is 9.50. The van der Waals surface area contributed by atoms with Crippen molar-refractivity contribution in [1.29, 1.82) is 0 Å². The molecule has 3 heterocycles. The van der Waals surface area contributed by atoms with E-state index in [1.807, 2.05) is 30.3 Å². The minimum atomic E-state index is -0.468. The van der Waals surface area contributed by atoms with Gasteiger partial charge in [-0.2, -0.15) is 4.98 Å². The van der Waals surface area contributed by atoms with Gasteiger partial charge < -0.3 is 13.7 Å². The number of rotatable bonds is 2. The molecule has 1 unspecified atom stereocenters. The van der Waals surface area contributed by atoms with Gasteiger partial charge in [-0.25, -0.2) is 0 Å². The highest BCUT2D eigenvalue weighted by Gasteiger charge is 2.30. The Hall–Kier alpha value is -2.47. The molecule has 1 aliphatic heterocycles. The van der Waals surface area contributed by atoms with E-state index in [4.69, 9.17) is 13.7 Å². The number of aromatic nitrogens is 2. The zero-order valence-electron chi connectivity index (χ0n) is 11.1. The molecule has 106 valence electrons. The number of nitrogens with zero attached hydrogens (tertiary/aromatic N) is 2. The number of carbonyl (C=O) groups excluding carboxylic acids is 1. The predicted octanol–water partition coefficient (Wildman–Crippen LogP) is 2.56. The first-order valence-corrected chi connectivity index (χ1v) is 6.74. The molecule has 1 atom stereocenters. The van der Waals surface area contributed by atoms with Crippen LogP contribution >= 0.6 is 0 Å². The number of para-hydroxylation sites is 1. The molecular weight excluding hydrogens is 272 g/mol. The molecule has 0 radical (unpaired) electrons. The number of furan rings is 1. The van der Waals surface area contributed by atoms with E-state index in [-0.39, 0.29) is 11.7 Å². The first kappa shape index (κ1) is 12.3. The first-order chi connectivity index (χ1) is 10.3. The SMILES string of the molecule is O=C1CCOCC1c1nc(-c2cc3ccccc3o2)no1. The molecule has 6 nitrogen and oxygen atoms in total. The third kappa shape index (κ3) is 2.13. The van der Waals surface area contributed by atoms with Crippen molar-refractivity contribution in [1.82, 2.24) is 10.1 Å². The Labute approximate surface area is 119 Å². The average molecular weight is 284 g/mol. The third-order valence-electron chi connectivity index (χ3n) is 3.55. The number of ketones is 1. The molecule has 0 amide bonds. The number of hydrogen-bond donors (Lipinski definition) is 0. The summed E-state index contributed by atoms with van der Waals surface area (Å²) in [5.74, 6) is 0.760. The topological polar surface area (TPSA) is 78.4 Å². The number of hydrogen-bond acceptors (Lipinski definition) is 6. The lowest BCUT2D eigenvalue weighted by Gasteiger charge is -2.16. The summed E-state index contributed by atoms with van der Waals surface area (Å²) in [5, 5.41) is 4.87. The zero-order chi connectivity index (χ0) is 14.2. The third-order valence-corrected chi connectivity index (χ3v) is 3.55. The number of Topliss-reactive ketones (excluding diaryl/α,β-unsaturated/α-hetero) is 1. The molecule has 3 aromatic rings. The van der Waals surface area contributed by atoms with Crippen LogP contribution in [0.15, 0.2) is 39.3 Å². The van der Waals surface area contributed by atoms with Crippen molar-refractivity contribution in [2.75, 3.05) is 13.2 Å². The molecular formula is C15H12N2O4. The fourth-order valence-electron chi connectivity index (χ4n) is 2.42. The monoisotopic (exact) mass is 284 g/mol. The van der Waals surface area contributed by atoms with Gasteiger partial charge in [0.05, 0.1) is 13.2 Å². The van der Waals surface area contributed by atoms with Crippen LogP contribution in [0.25, 0.3) is 22.6 Å². The van der Waals surface area contributed by atoms with E-state index in [9.17, 15) is 4.79 Å². The molecule has 2 aromatic heterocycles. The van der Waals surface area contributed by atoms with Gasteiger partial charge in [-0.05, 0) is 12.1 Å². The molecule has 0 aliphatic carbocycles. The highest BCUT2D eigenvalue weighted by Crippen LogP contribution is 2.28. The van der Waals surface area contributed by atoms with Crippen molar-refractivity contribution in [3.8, 4) is 11.6 Å². The molecule has 1 aromatic carbocycles. The number of carbonyl (C=O) groups is 1. The average Bonchev–Trinajstić information content (AvgIpc) is 3.14. The maximum absolute atomic E-state index is 11.9. The van der Waals surface area contributed by atoms with Gasteiger partial charge in [0.25, 0.3) is 0 Å². The van der Waals surface area contributed by atoms with Gasteiger partial charge in [0.1, 0.15) is 17.3 Å². The van der Waals surface area contributed by atoms with Crippen LogP contribution < -0.4 is 0 Å². The lowest BCUT2D eigenvalue weighted by Crippen LogP contribution is -2.25. The summed E-state index contributed by atoms with van der Waals surface area (Å²) >= 11 is 0. The van der Waals surface area contributed by atoms with E-state index in [0.29, 0.717) is 31.2 Å². The summed E-state index contributed by atoms with van der Waals surface area (Å²) in [5.41, 5.74) is 0.760. The standard InChI is InChI=1S/C15H12N2O4/c18-11-5-6-19-8-10(11)15-16-14(17-21-15)13-7-9-3-1-2-4-12(9)20-13/h1-4,7,10H,5-6,8H2. The second-order valence-corrected chi connectivity index (χ2v) is 4.95. The lowest BCUT2D eigenvalue weighted by molar-refractivity contribution is -0.127. The van der Waals surface area contributed by atoms with Crippen molar-refractivity contribution in [2.45, 2.75) is 12.3 Å². The van der Waals surface area contributed by atoms with Crippen LogP contribution in [0, 0.1) is 0 Å². The maximum atomic E-state index is 11.9. The number of fused-ring (bicyclic) bond motifs is 1. The van der Waals surface area contributed by atoms with Gasteiger partial charge in [0.15, 0.2) is 5.76 Å². The first-order valence-electron chi connectivity index (χ1n) is 6.74. The van der Waals surface area contributed by atoms with Crippen LogP contribution in [0.5, 0.6) is 0 Å². The highest BCUT2D eigenvalue weighted by atomic mass is 16.5. The van der Waals surface area contributed by atoms with Crippen molar-refractivity contribution < 1.29 is 18.5 Å². The van der Waals surface area contributed by atoms with Gasteiger partial charge in [0, 0.05) is 11.8 Å². The summed E-state index contributed by atoms with van der Waals surface area (Å²) < 4.78 is 16.2. The van der Waals surface area contributed by atoms with Gasteiger partial charge in [0.2, 0.25) is 11.7 Å². The molecule has 0 saturated carbocycles. The summed E-state index contributed by atoms with van der Waals surface area (Å²) in [7, 11) is 0. The Balaban J connectivity index is 1.68. The molecule has 6 heteroatoms. The summed E-state index contributed by atoms with van der Waals surface area (Å²) in [6.45, 7) is 0.750. The number of benzene rings is 1. The van der Waals surface area contributed by atoms with E-state index in [1.165, 1.54) is 0 Å². The van der Waals surface area contributed by atoms with Crippen LogP contribution in [-0.2, 0) is 9.53 Å². The Morgan fingerprint density at radius 3 is 3.00 bits per heavy atom. The molecule has 1 fully saturated rings. The fraction of sp³-hybridized carbons (Fsp3) is 0.267. The van der Waals surface area contributed by atoms with E-state index in [0.717, 1.165) is 11.0 Å². The maximum Gasteiger partial charge on any atom is 0.240 e. The molecule has 1 saturated heterocycles. The zero-order valence-corrected chi connectivity index (χ0v) is 11.1. The Morgan fingerprint density at radius 1 is 1.24 bits per heavy atom.